The second-order valence-corrected chi connectivity index (χ2v) is 8.02. The van der Waals surface area contributed by atoms with E-state index in [1.54, 1.807) is 0 Å². The first-order valence-corrected chi connectivity index (χ1v) is 10.5. The van der Waals surface area contributed by atoms with Gasteiger partial charge in [0.05, 0.1) is 25.3 Å². The number of carbonyl (C=O) groups excluding carboxylic acids is 2. The summed E-state index contributed by atoms with van der Waals surface area (Å²) in [5, 5.41) is 25.2. The van der Waals surface area contributed by atoms with Gasteiger partial charge in [0.1, 0.15) is 5.41 Å². The van der Waals surface area contributed by atoms with Gasteiger partial charge in [-0.15, -0.1) is 0 Å². The van der Waals surface area contributed by atoms with Crippen LogP contribution in [0.3, 0.4) is 0 Å². The van der Waals surface area contributed by atoms with Crippen LogP contribution in [-0.4, -0.2) is 47.3 Å². The summed E-state index contributed by atoms with van der Waals surface area (Å²) in [6, 6.07) is 18.3. The van der Waals surface area contributed by atoms with Gasteiger partial charge in [-0.2, -0.15) is 0 Å². The van der Waals surface area contributed by atoms with Gasteiger partial charge >= 0.3 is 0 Å². The van der Waals surface area contributed by atoms with E-state index < -0.39 is 17.5 Å². The van der Waals surface area contributed by atoms with Gasteiger partial charge < -0.3 is 20.8 Å². The lowest BCUT2D eigenvalue weighted by atomic mass is 9.67. The zero-order valence-electron chi connectivity index (χ0n) is 17.1. The van der Waals surface area contributed by atoms with E-state index in [9.17, 15) is 19.8 Å². The summed E-state index contributed by atoms with van der Waals surface area (Å²) in [5.74, 6) is -0.699. The predicted octanol–water partition coefficient (Wildman–Crippen LogP) is 1.60. The molecule has 1 aliphatic rings. The highest BCUT2D eigenvalue weighted by atomic mass is 16.3. The van der Waals surface area contributed by atoms with Gasteiger partial charge in [-0.05, 0) is 36.8 Å². The van der Waals surface area contributed by atoms with Crippen LogP contribution < -0.4 is 10.6 Å². The molecule has 30 heavy (non-hydrogen) atoms. The first kappa shape index (κ1) is 22.0. The number of hydrogen-bond acceptors (Lipinski definition) is 4. The Morgan fingerprint density at radius 3 is 1.47 bits per heavy atom. The molecule has 0 saturated heterocycles. The van der Waals surface area contributed by atoms with Crippen molar-refractivity contribution in [3.63, 3.8) is 0 Å². The summed E-state index contributed by atoms with van der Waals surface area (Å²) in [6.45, 7) is -0.406. The van der Waals surface area contributed by atoms with E-state index >= 15 is 0 Å². The largest absolute Gasteiger partial charge is 0.394 e. The number of aliphatic hydroxyl groups excluding tert-OH is 2. The quantitative estimate of drug-likeness (QED) is 0.447. The fourth-order valence-electron chi connectivity index (χ4n) is 3.85. The maximum Gasteiger partial charge on any atom is 0.236 e. The van der Waals surface area contributed by atoms with E-state index in [4.69, 9.17) is 0 Å². The second-order valence-electron chi connectivity index (χ2n) is 8.02. The average Bonchev–Trinajstić information content (AvgIpc) is 2.73. The van der Waals surface area contributed by atoms with Crippen LogP contribution in [0.2, 0.25) is 0 Å². The molecule has 3 rings (SSSR count). The molecule has 0 aromatic heterocycles. The van der Waals surface area contributed by atoms with Crippen LogP contribution >= 0.6 is 0 Å². The number of hydrogen-bond donors (Lipinski definition) is 4. The smallest absolute Gasteiger partial charge is 0.236 e. The molecule has 2 amide bonds. The molecule has 2 aromatic rings. The number of benzene rings is 2. The van der Waals surface area contributed by atoms with E-state index in [1.807, 2.05) is 60.7 Å². The molecule has 2 atom stereocenters. The van der Waals surface area contributed by atoms with E-state index in [0.717, 1.165) is 17.5 Å². The Labute approximate surface area is 177 Å². The molecule has 0 heterocycles. The molecule has 2 aromatic carbocycles. The summed E-state index contributed by atoms with van der Waals surface area (Å²) in [7, 11) is 0. The minimum atomic E-state index is -1.13. The summed E-state index contributed by atoms with van der Waals surface area (Å²) in [4.78, 5) is 26.1. The molecule has 0 bridgehead atoms. The predicted molar refractivity (Wildman–Crippen MR) is 115 cm³/mol. The normalized spacial score (nSPS) is 16.7. The Morgan fingerprint density at radius 2 is 1.17 bits per heavy atom. The molecule has 0 radical (unpaired) electrons. The van der Waals surface area contributed by atoms with E-state index in [0.29, 0.717) is 25.7 Å². The fraction of sp³-hybridized carbons (Fsp3) is 0.417. The summed E-state index contributed by atoms with van der Waals surface area (Å²) in [5.41, 5.74) is 0.883. The van der Waals surface area contributed by atoms with Crippen molar-refractivity contribution in [1.82, 2.24) is 10.6 Å². The van der Waals surface area contributed by atoms with Crippen molar-refractivity contribution < 1.29 is 19.8 Å². The molecule has 160 valence electrons. The third-order valence-corrected chi connectivity index (χ3v) is 5.84. The number of nitrogens with one attached hydrogen (secondary N) is 2. The van der Waals surface area contributed by atoms with E-state index in [1.165, 1.54) is 0 Å². The van der Waals surface area contributed by atoms with Crippen molar-refractivity contribution in [3.8, 4) is 0 Å². The van der Waals surface area contributed by atoms with E-state index in [2.05, 4.69) is 10.6 Å². The zero-order valence-corrected chi connectivity index (χ0v) is 17.1. The van der Waals surface area contributed by atoms with Crippen LogP contribution in [0.1, 0.15) is 30.4 Å². The molecule has 1 fully saturated rings. The summed E-state index contributed by atoms with van der Waals surface area (Å²) >= 11 is 0. The second kappa shape index (κ2) is 10.4. The van der Waals surface area contributed by atoms with Gasteiger partial charge in [-0.25, -0.2) is 0 Å². The Hall–Kier alpha value is -2.70. The standard InChI is InChI=1S/C24H30N2O4/c27-16-20(14-18-8-3-1-4-9-18)25-22(29)24(12-7-13-24)23(30)26-21(17-28)15-19-10-5-2-6-11-19/h1-6,8-11,20-21,27-28H,7,12-17H2,(H,25,29)(H,26,30)/t20-,21-/m1/s1. The van der Waals surface area contributed by atoms with Gasteiger partial charge in [0.2, 0.25) is 11.8 Å². The van der Waals surface area contributed by atoms with E-state index in [-0.39, 0.29) is 25.0 Å². The van der Waals surface area contributed by atoms with Crippen LogP contribution in [0.5, 0.6) is 0 Å². The van der Waals surface area contributed by atoms with Crippen molar-refractivity contribution in [1.29, 1.82) is 0 Å². The van der Waals surface area contributed by atoms with Gasteiger partial charge in [-0.3, -0.25) is 9.59 Å². The average molecular weight is 411 g/mol. The first-order valence-electron chi connectivity index (χ1n) is 10.5. The molecule has 6 nitrogen and oxygen atoms in total. The highest BCUT2D eigenvalue weighted by Crippen LogP contribution is 2.41. The molecule has 4 N–H and O–H groups in total. The zero-order chi connectivity index (χ0) is 21.4. The molecule has 1 saturated carbocycles. The molecule has 0 unspecified atom stereocenters. The Bertz CT molecular complexity index is 756. The van der Waals surface area contributed by atoms with Crippen LogP contribution in [0, 0.1) is 5.41 Å². The number of aliphatic hydroxyl groups is 2. The molecular weight excluding hydrogens is 380 g/mol. The lowest BCUT2D eigenvalue weighted by Gasteiger charge is -2.40. The molecule has 0 aliphatic heterocycles. The van der Waals surface area contributed by atoms with Gasteiger partial charge in [0, 0.05) is 0 Å². The van der Waals surface area contributed by atoms with Crippen molar-refractivity contribution in [2.24, 2.45) is 5.41 Å². The third-order valence-electron chi connectivity index (χ3n) is 5.84. The van der Waals surface area contributed by atoms with Crippen molar-refractivity contribution in [2.75, 3.05) is 13.2 Å². The maximum atomic E-state index is 13.0. The number of carbonyl (C=O) groups is 2. The van der Waals surface area contributed by atoms with Crippen molar-refractivity contribution >= 4 is 11.8 Å². The third kappa shape index (κ3) is 5.26. The first-order chi connectivity index (χ1) is 14.6. The van der Waals surface area contributed by atoms with Crippen LogP contribution in [0.15, 0.2) is 60.7 Å². The Morgan fingerprint density at radius 1 is 0.767 bits per heavy atom. The van der Waals surface area contributed by atoms with Gasteiger partial charge in [-0.1, -0.05) is 67.1 Å². The lowest BCUT2D eigenvalue weighted by molar-refractivity contribution is -0.150. The highest BCUT2D eigenvalue weighted by Gasteiger charge is 2.51. The topological polar surface area (TPSA) is 98.7 Å². The van der Waals surface area contributed by atoms with Crippen LogP contribution in [-0.2, 0) is 22.4 Å². The Kier molecular flexibility index (Phi) is 7.60. The number of amides is 2. The SMILES string of the molecule is O=C(N[C@@H](CO)Cc1ccccc1)C1(C(=O)N[C@@H](CO)Cc2ccccc2)CCC1. The number of rotatable bonds is 10. The van der Waals surface area contributed by atoms with Crippen molar-refractivity contribution in [3.05, 3.63) is 71.8 Å². The highest BCUT2D eigenvalue weighted by molar-refractivity contribution is 6.06. The summed E-state index contributed by atoms with van der Waals surface area (Å²) in [6.07, 6.45) is 2.73. The molecular formula is C24H30N2O4. The fourth-order valence-corrected chi connectivity index (χ4v) is 3.85. The van der Waals surface area contributed by atoms with Gasteiger partial charge in [0.15, 0.2) is 0 Å². The maximum absolute atomic E-state index is 13.0. The molecule has 1 aliphatic carbocycles. The van der Waals surface area contributed by atoms with Gasteiger partial charge in [0.25, 0.3) is 0 Å². The van der Waals surface area contributed by atoms with Crippen LogP contribution in [0.25, 0.3) is 0 Å². The lowest BCUT2D eigenvalue weighted by Crippen LogP contribution is -2.59. The Balaban J connectivity index is 1.63. The molecule has 0 spiro atoms. The minimum Gasteiger partial charge on any atom is -0.394 e. The van der Waals surface area contributed by atoms with Crippen LogP contribution in [0.4, 0.5) is 0 Å². The molecule has 6 heteroatoms. The monoisotopic (exact) mass is 410 g/mol. The minimum absolute atomic E-state index is 0.203. The summed E-state index contributed by atoms with van der Waals surface area (Å²) < 4.78 is 0. The van der Waals surface area contributed by atoms with Crippen molar-refractivity contribution in [2.45, 2.75) is 44.2 Å².